The highest BCUT2D eigenvalue weighted by atomic mass is 79.9. The zero-order valence-corrected chi connectivity index (χ0v) is 20.5. The number of hydrogen-bond acceptors (Lipinski definition) is 6. The summed E-state index contributed by atoms with van der Waals surface area (Å²) < 4.78 is 18.3. The largest absolute Gasteiger partial charge is 0.504 e. The van der Waals surface area contributed by atoms with Crippen LogP contribution in [0.5, 0.6) is 11.5 Å². The zero-order valence-electron chi connectivity index (χ0n) is 18.0. The van der Waals surface area contributed by atoms with Crippen LogP contribution in [0.15, 0.2) is 83.5 Å². The summed E-state index contributed by atoms with van der Waals surface area (Å²) in [6.07, 6.45) is 1.59. The lowest BCUT2D eigenvalue weighted by atomic mass is 10.1. The van der Waals surface area contributed by atoms with E-state index in [2.05, 4.69) is 4.99 Å². The van der Waals surface area contributed by atoms with Gasteiger partial charge in [0, 0.05) is 5.56 Å². The number of thioether (sulfide) groups is 1. The van der Waals surface area contributed by atoms with Crippen molar-refractivity contribution in [3.8, 4) is 11.5 Å². The predicted octanol–water partition coefficient (Wildman–Crippen LogP) is 5.48. The Hall–Kier alpha value is -3.43. The van der Waals surface area contributed by atoms with E-state index in [1.165, 1.54) is 42.3 Å². The standard InChI is InChI=1S/C25H19FN2O4S.BrH/c1-32-23-14-16(7-12-21(23)29)13-20-24(31)28(19-5-3-2-4-6-19)25(27-20)33-15-22(30)17-8-10-18(26)11-9-17;/h2-14,29H,15H2,1H3;1H. The first-order chi connectivity index (χ1) is 16.0. The summed E-state index contributed by atoms with van der Waals surface area (Å²) in [6.45, 7) is 0. The summed E-state index contributed by atoms with van der Waals surface area (Å²) in [5, 5.41) is 10.2. The number of ketones is 1. The number of hydrogen-bond donors (Lipinski definition) is 1. The second-order valence-electron chi connectivity index (χ2n) is 7.05. The van der Waals surface area contributed by atoms with Crippen molar-refractivity contribution in [1.82, 2.24) is 0 Å². The number of anilines is 1. The predicted molar refractivity (Wildman–Crippen MR) is 138 cm³/mol. The second kappa shape index (κ2) is 11.1. The number of aliphatic imine (C=N–C) groups is 1. The van der Waals surface area contributed by atoms with Crippen LogP contribution in [-0.2, 0) is 4.79 Å². The van der Waals surface area contributed by atoms with E-state index >= 15 is 0 Å². The van der Waals surface area contributed by atoms with Gasteiger partial charge in [0.1, 0.15) is 11.5 Å². The number of para-hydroxylation sites is 1. The number of amidine groups is 1. The van der Waals surface area contributed by atoms with Gasteiger partial charge in [-0.05, 0) is 60.2 Å². The highest BCUT2D eigenvalue weighted by molar-refractivity contribution is 8.93. The summed E-state index contributed by atoms with van der Waals surface area (Å²) >= 11 is 1.13. The molecular formula is C25H20BrFN2O4S. The van der Waals surface area contributed by atoms with Crippen LogP contribution in [0, 0.1) is 5.82 Å². The van der Waals surface area contributed by atoms with E-state index < -0.39 is 5.82 Å². The van der Waals surface area contributed by atoms with Crippen molar-refractivity contribution < 1.29 is 23.8 Å². The van der Waals surface area contributed by atoms with Crippen molar-refractivity contribution in [2.45, 2.75) is 0 Å². The Balaban J connectivity index is 0.00000324. The number of Topliss-reactive ketones (excluding diaryl/α,β-unsaturated/α-hetero) is 1. The molecule has 1 aliphatic rings. The lowest BCUT2D eigenvalue weighted by molar-refractivity contribution is -0.113. The third kappa shape index (κ3) is 5.55. The Bertz CT molecular complexity index is 1260. The fraction of sp³-hybridized carbons (Fsp3) is 0.0800. The van der Waals surface area contributed by atoms with Gasteiger partial charge in [0.15, 0.2) is 22.4 Å². The number of nitrogens with zero attached hydrogens (tertiary/aromatic N) is 2. The molecule has 0 unspecified atom stereocenters. The molecule has 1 N–H and O–H groups in total. The molecule has 4 rings (SSSR count). The fourth-order valence-corrected chi connectivity index (χ4v) is 4.10. The van der Waals surface area contributed by atoms with Gasteiger partial charge in [0.25, 0.3) is 5.91 Å². The van der Waals surface area contributed by atoms with Crippen molar-refractivity contribution in [3.63, 3.8) is 0 Å². The highest BCUT2D eigenvalue weighted by Gasteiger charge is 2.32. The molecule has 174 valence electrons. The molecule has 3 aromatic carbocycles. The maximum atomic E-state index is 13.2. The smallest absolute Gasteiger partial charge is 0.283 e. The van der Waals surface area contributed by atoms with Gasteiger partial charge in [0.2, 0.25) is 0 Å². The van der Waals surface area contributed by atoms with E-state index in [0.29, 0.717) is 22.0 Å². The average molecular weight is 543 g/mol. The van der Waals surface area contributed by atoms with Crippen molar-refractivity contribution in [2.24, 2.45) is 4.99 Å². The summed E-state index contributed by atoms with van der Waals surface area (Å²) in [5.74, 6) is -0.670. The molecule has 1 heterocycles. The molecule has 1 aliphatic heterocycles. The minimum Gasteiger partial charge on any atom is -0.504 e. The molecular weight excluding hydrogens is 523 g/mol. The van der Waals surface area contributed by atoms with Crippen LogP contribution in [0.3, 0.4) is 0 Å². The maximum Gasteiger partial charge on any atom is 0.283 e. The van der Waals surface area contributed by atoms with Crippen molar-refractivity contribution >= 4 is 57.4 Å². The Kier molecular flexibility index (Phi) is 8.25. The zero-order chi connectivity index (χ0) is 23.4. The molecule has 0 atom stereocenters. The van der Waals surface area contributed by atoms with Crippen molar-refractivity contribution in [3.05, 3.63) is 95.4 Å². The Morgan fingerprint density at radius 2 is 1.82 bits per heavy atom. The van der Waals surface area contributed by atoms with Crippen molar-refractivity contribution in [2.75, 3.05) is 17.8 Å². The molecule has 6 nitrogen and oxygen atoms in total. The molecule has 1 amide bonds. The van der Waals surface area contributed by atoms with Gasteiger partial charge in [-0.1, -0.05) is 36.0 Å². The monoisotopic (exact) mass is 542 g/mol. The number of ether oxygens (including phenoxy) is 1. The van der Waals surface area contributed by atoms with Gasteiger partial charge in [-0.3, -0.25) is 14.5 Å². The molecule has 0 fully saturated rings. The lowest BCUT2D eigenvalue weighted by Crippen LogP contribution is -2.30. The van der Waals surface area contributed by atoms with E-state index in [-0.39, 0.29) is 51.6 Å². The summed E-state index contributed by atoms with van der Waals surface area (Å²) in [4.78, 5) is 31.7. The molecule has 0 saturated carbocycles. The first-order valence-corrected chi connectivity index (χ1v) is 10.9. The first kappa shape index (κ1) is 25.2. The molecule has 9 heteroatoms. The maximum absolute atomic E-state index is 13.2. The van der Waals surface area contributed by atoms with Crippen LogP contribution in [0.2, 0.25) is 0 Å². The van der Waals surface area contributed by atoms with Gasteiger partial charge in [0.05, 0.1) is 18.6 Å². The van der Waals surface area contributed by atoms with E-state index in [1.54, 1.807) is 42.5 Å². The highest BCUT2D eigenvalue weighted by Crippen LogP contribution is 2.31. The Labute approximate surface area is 210 Å². The minimum atomic E-state index is -0.416. The quantitative estimate of drug-likeness (QED) is 0.329. The molecule has 0 spiro atoms. The molecule has 0 aromatic heterocycles. The Morgan fingerprint density at radius 3 is 2.50 bits per heavy atom. The molecule has 0 bridgehead atoms. The van der Waals surface area contributed by atoms with Gasteiger partial charge >= 0.3 is 0 Å². The molecule has 34 heavy (non-hydrogen) atoms. The summed E-state index contributed by atoms with van der Waals surface area (Å²) in [6, 6.07) is 19.1. The summed E-state index contributed by atoms with van der Waals surface area (Å²) in [7, 11) is 1.44. The molecule has 3 aromatic rings. The number of benzene rings is 3. The Morgan fingerprint density at radius 1 is 1.12 bits per heavy atom. The number of rotatable bonds is 6. The van der Waals surface area contributed by atoms with Gasteiger partial charge in [-0.15, -0.1) is 17.0 Å². The van der Waals surface area contributed by atoms with Crippen LogP contribution < -0.4 is 9.64 Å². The number of amides is 1. The third-order valence-corrected chi connectivity index (χ3v) is 5.79. The van der Waals surface area contributed by atoms with Gasteiger partial charge in [-0.2, -0.15) is 0 Å². The van der Waals surface area contributed by atoms with Crippen LogP contribution >= 0.6 is 28.7 Å². The number of phenolic OH excluding ortho intramolecular Hbond substituents is 1. The van der Waals surface area contributed by atoms with Crippen LogP contribution in [-0.4, -0.2) is 34.8 Å². The van der Waals surface area contributed by atoms with Crippen LogP contribution in [0.4, 0.5) is 10.1 Å². The minimum absolute atomic E-state index is 0. The number of phenols is 1. The SMILES string of the molecule is Br.COc1cc(C=C2N=C(SCC(=O)c3ccc(F)cc3)N(c3ccccc3)C2=O)ccc1O. The van der Waals surface area contributed by atoms with E-state index in [9.17, 15) is 19.1 Å². The third-order valence-electron chi connectivity index (χ3n) is 4.85. The fourth-order valence-electron chi connectivity index (χ4n) is 3.19. The molecule has 0 radical (unpaired) electrons. The number of methoxy groups -OCH3 is 1. The number of carbonyl (C=O) groups is 2. The van der Waals surface area contributed by atoms with E-state index in [1.807, 2.05) is 6.07 Å². The number of carbonyl (C=O) groups excluding carboxylic acids is 2. The molecule has 0 aliphatic carbocycles. The van der Waals surface area contributed by atoms with E-state index in [4.69, 9.17) is 4.74 Å². The van der Waals surface area contributed by atoms with Crippen LogP contribution in [0.1, 0.15) is 15.9 Å². The number of halogens is 2. The van der Waals surface area contributed by atoms with Crippen LogP contribution in [0.25, 0.3) is 6.08 Å². The molecule has 0 saturated heterocycles. The van der Waals surface area contributed by atoms with E-state index in [0.717, 1.165) is 11.8 Å². The normalized spacial score (nSPS) is 14.1. The van der Waals surface area contributed by atoms with Gasteiger partial charge in [-0.25, -0.2) is 9.38 Å². The number of aromatic hydroxyl groups is 1. The van der Waals surface area contributed by atoms with Gasteiger partial charge < -0.3 is 9.84 Å². The van der Waals surface area contributed by atoms with Crippen molar-refractivity contribution in [1.29, 1.82) is 0 Å². The average Bonchev–Trinajstić information content (AvgIpc) is 3.14. The summed E-state index contributed by atoms with van der Waals surface area (Å²) in [5.41, 5.74) is 1.81. The second-order valence-corrected chi connectivity index (χ2v) is 7.99. The topological polar surface area (TPSA) is 79.2 Å². The lowest BCUT2D eigenvalue weighted by Gasteiger charge is -2.17. The first-order valence-electron chi connectivity index (χ1n) is 9.95.